The smallest absolute Gasteiger partial charge is 0.0464 e. The third kappa shape index (κ3) is 8.93. The first-order chi connectivity index (χ1) is 31.6. The van der Waals surface area contributed by atoms with Gasteiger partial charge in [-0.2, -0.15) is 0 Å². The first-order valence-electron chi connectivity index (χ1n) is 23.9. The van der Waals surface area contributed by atoms with Gasteiger partial charge in [-0.15, -0.1) is 0 Å². The lowest BCUT2D eigenvalue weighted by molar-refractivity contribution is 0.442. The molecule has 0 unspecified atom stereocenters. The van der Waals surface area contributed by atoms with Gasteiger partial charge < -0.3 is 9.80 Å². The molecule has 2 heteroatoms. The van der Waals surface area contributed by atoms with Gasteiger partial charge in [-0.25, -0.2) is 0 Å². The highest BCUT2D eigenvalue weighted by atomic mass is 15.1. The van der Waals surface area contributed by atoms with E-state index in [1.807, 2.05) is 0 Å². The van der Waals surface area contributed by atoms with Crippen molar-refractivity contribution in [1.82, 2.24) is 0 Å². The lowest BCUT2D eigenvalue weighted by Crippen LogP contribution is -2.14. The zero-order valence-corrected chi connectivity index (χ0v) is 37.6. The summed E-state index contributed by atoms with van der Waals surface area (Å²) in [6.45, 7) is 4.40. The van der Waals surface area contributed by atoms with Gasteiger partial charge in [0.25, 0.3) is 0 Å². The van der Waals surface area contributed by atoms with Crippen molar-refractivity contribution in [3.05, 3.63) is 216 Å². The molecule has 2 aliphatic rings. The van der Waals surface area contributed by atoms with E-state index in [1.54, 1.807) is 0 Å². The molecule has 0 aliphatic heterocycles. The van der Waals surface area contributed by atoms with Gasteiger partial charge in [-0.05, 0) is 180 Å². The van der Waals surface area contributed by atoms with Crippen molar-refractivity contribution in [2.45, 2.75) is 89.9 Å². The molecular weight excluding hydrogens is 773 g/mol. The first kappa shape index (κ1) is 41.4. The molecule has 0 saturated heterocycles. The Morgan fingerprint density at radius 3 is 1.02 bits per heavy atom. The van der Waals surface area contributed by atoms with E-state index in [-0.39, 0.29) is 0 Å². The molecule has 2 nitrogen and oxygen atoms in total. The van der Waals surface area contributed by atoms with Gasteiger partial charge in [0, 0.05) is 34.1 Å². The molecule has 8 aromatic carbocycles. The predicted molar refractivity (Wildman–Crippen MR) is 273 cm³/mol. The fraction of sp³-hybridized carbons (Fsp3) is 0.226. The molecule has 0 heterocycles. The predicted octanol–water partition coefficient (Wildman–Crippen LogP) is 18.3. The number of benzene rings is 8. The Kier molecular flexibility index (Phi) is 12.3. The Bertz CT molecular complexity index is 2600. The zero-order valence-electron chi connectivity index (χ0n) is 37.6. The van der Waals surface area contributed by atoms with Crippen molar-refractivity contribution in [3.63, 3.8) is 0 Å². The summed E-state index contributed by atoms with van der Waals surface area (Å²) in [5.74, 6) is 1.05. The summed E-state index contributed by atoms with van der Waals surface area (Å²) in [6, 6.07) is 72.7. The monoisotopic (exact) mass is 832 g/mol. The van der Waals surface area contributed by atoms with Crippen molar-refractivity contribution >= 4 is 34.1 Å². The van der Waals surface area contributed by atoms with Crippen LogP contribution in [-0.4, -0.2) is 0 Å². The van der Waals surface area contributed by atoms with Gasteiger partial charge in [0.1, 0.15) is 0 Å². The van der Waals surface area contributed by atoms with E-state index in [4.69, 9.17) is 0 Å². The molecule has 0 spiro atoms. The maximum absolute atomic E-state index is 2.57. The third-order valence-corrected chi connectivity index (χ3v) is 14.0. The first-order valence-corrected chi connectivity index (χ1v) is 23.9. The summed E-state index contributed by atoms with van der Waals surface area (Å²) in [7, 11) is 0. The van der Waals surface area contributed by atoms with Crippen molar-refractivity contribution in [3.8, 4) is 33.4 Å². The van der Waals surface area contributed by atoms with Crippen LogP contribution in [0.2, 0.25) is 0 Å². The Balaban J connectivity index is 1.11. The van der Waals surface area contributed by atoms with Gasteiger partial charge in [0.2, 0.25) is 0 Å². The van der Waals surface area contributed by atoms with E-state index in [0.29, 0.717) is 11.8 Å². The number of anilines is 6. The lowest BCUT2D eigenvalue weighted by Gasteiger charge is -2.32. The normalized spacial score (nSPS) is 14.6. The van der Waals surface area contributed by atoms with Gasteiger partial charge in [0.05, 0.1) is 0 Å². The van der Waals surface area contributed by atoms with Crippen LogP contribution in [-0.2, 0) is 0 Å². The molecule has 64 heavy (non-hydrogen) atoms. The van der Waals surface area contributed by atoms with E-state index >= 15 is 0 Å². The molecule has 0 bridgehead atoms. The van der Waals surface area contributed by atoms with E-state index in [0.717, 1.165) is 0 Å². The van der Waals surface area contributed by atoms with Crippen molar-refractivity contribution < 1.29 is 0 Å². The van der Waals surface area contributed by atoms with Crippen LogP contribution in [0, 0.1) is 13.8 Å². The highest BCUT2D eigenvalue weighted by Gasteiger charge is 2.27. The number of nitrogens with zero attached hydrogens (tertiary/aromatic N) is 2. The second-order valence-electron chi connectivity index (χ2n) is 18.4. The number of rotatable bonds is 11. The molecule has 318 valence electrons. The summed E-state index contributed by atoms with van der Waals surface area (Å²) in [6.07, 6.45) is 12.8. The third-order valence-electron chi connectivity index (χ3n) is 14.0. The molecular formula is C62H60N2. The number of aryl methyl sites for hydroxylation is 2. The van der Waals surface area contributed by atoms with Gasteiger partial charge in [-0.3, -0.25) is 0 Å². The van der Waals surface area contributed by atoms with E-state index in [1.165, 1.54) is 154 Å². The van der Waals surface area contributed by atoms with Crippen LogP contribution in [0.4, 0.5) is 34.1 Å². The second-order valence-corrected chi connectivity index (χ2v) is 18.4. The molecule has 10 rings (SSSR count). The van der Waals surface area contributed by atoms with Crippen molar-refractivity contribution in [1.29, 1.82) is 0 Å². The highest BCUT2D eigenvalue weighted by Crippen LogP contribution is 2.48. The molecule has 0 N–H and O–H groups in total. The average molecular weight is 833 g/mol. The van der Waals surface area contributed by atoms with Gasteiger partial charge in [0.15, 0.2) is 0 Å². The quantitative estimate of drug-likeness (QED) is 0.128. The number of hydrogen-bond acceptors (Lipinski definition) is 2. The summed E-state index contributed by atoms with van der Waals surface area (Å²) < 4.78 is 0. The fourth-order valence-electron chi connectivity index (χ4n) is 10.7. The minimum Gasteiger partial charge on any atom is -0.310 e. The lowest BCUT2D eigenvalue weighted by atomic mass is 9.76. The fourth-order valence-corrected chi connectivity index (χ4v) is 10.7. The molecule has 0 radical (unpaired) electrons. The summed E-state index contributed by atoms with van der Waals surface area (Å²) >= 11 is 0. The van der Waals surface area contributed by atoms with E-state index in [9.17, 15) is 0 Å². The Morgan fingerprint density at radius 1 is 0.297 bits per heavy atom. The van der Waals surface area contributed by atoms with Crippen LogP contribution in [0.5, 0.6) is 0 Å². The van der Waals surface area contributed by atoms with Crippen LogP contribution in [0.3, 0.4) is 0 Å². The van der Waals surface area contributed by atoms with Crippen LogP contribution >= 0.6 is 0 Å². The Labute approximate surface area is 381 Å². The summed E-state index contributed by atoms with van der Waals surface area (Å²) in [4.78, 5) is 4.96. The largest absolute Gasteiger partial charge is 0.310 e. The van der Waals surface area contributed by atoms with Crippen LogP contribution < -0.4 is 9.80 Å². The molecule has 2 aliphatic carbocycles. The van der Waals surface area contributed by atoms with Crippen molar-refractivity contribution in [2.24, 2.45) is 0 Å². The highest BCUT2D eigenvalue weighted by molar-refractivity contribution is 5.85. The van der Waals surface area contributed by atoms with Gasteiger partial charge >= 0.3 is 0 Å². The molecule has 8 aromatic rings. The van der Waals surface area contributed by atoms with Crippen LogP contribution in [0.1, 0.15) is 98.3 Å². The molecule has 0 amide bonds. The van der Waals surface area contributed by atoms with Gasteiger partial charge in [-0.1, -0.05) is 160 Å². The minimum absolute atomic E-state index is 0.523. The second kappa shape index (κ2) is 19.0. The number of hydrogen-bond donors (Lipinski definition) is 0. The van der Waals surface area contributed by atoms with Crippen LogP contribution in [0.15, 0.2) is 194 Å². The Morgan fingerprint density at radius 2 is 0.641 bits per heavy atom. The molecule has 2 fully saturated rings. The van der Waals surface area contributed by atoms with E-state index < -0.39 is 0 Å². The standard InChI is InChI=1S/C62H60N2/c1-45-17-15-27-55(41-45)63(53-33-29-49(30-34-53)47-19-7-3-8-20-47)57-37-39-59(61(43-57)51-23-11-5-12-24-51)60-40-38-58(44-62(60)52-25-13-6-14-26-52)64(56-28-16-18-46(2)42-56)54-35-31-50(32-36-54)48-21-9-4-10-22-48/h3-4,7-10,15-22,27-44,51-52H,5-6,11-14,23-26H2,1-2H3. The summed E-state index contributed by atoms with van der Waals surface area (Å²) in [5, 5.41) is 0. The maximum atomic E-state index is 2.57. The Hall–Kier alpha value is -6.64. The maximum Gasteiger partial charge on any atom is 0.0464 e. The van der Waals surface area contributed by atoms with E-state index in [2.05, 4.69) is 218 Å². The molecule has 0 atom stereocenters. The molecule has 0 aromatic heterocycles. The minimum atomic E-state index is 0.523. The summed E-state index contributed by atoms with van der Waals surface area (Å²) in [5.41, 5.74) is 20.5. The van der Waals surface area contributed by atoms with Crippen molar-refractivity contribution in [2.75, 3.05) is 9.80 Å². The molecule has 2 saturated carbocycles. The topological polar surface area (TPSA) is 6.48 Å². The average Bonchev–Trinajstić information content (AvgIpc) is 3.36. The van der Waals surface area contributed by atoms with Crippen LogP contribution in [0.25, 0.3) is 33.4 Å². The SMILES string of the molecule is Cc1cccc(N(c2ccc(-c3ccccc3)cc2)c2ccc(-c3ccc(N(c4ccc(-c5ccccc5)cc4)c4cccc(C)c4)cc3C3CCCCC3)c(C3CCCCC3)c2)c1. The zero-order chi connectivity index (χ0) is 43.2.